The molecule has 1 aromatic rings. The SMILES string of the molecule is CSCC[C@H](NS(=O)(=O)c1ccccc1)C(=O)[O-]. The lowest BCUT2D eigenvalue weighted by Crippen LogP contribution is -2.48. The van der Waals surface area contributed by atoms with Gasteiger partial charge < -0.3 is 9.90 Å². The third-order valence-electron chi connectivity index (χ3n) is 2.25. The highest BCUT2D eigenvalue weighted by Gasteiger charge is 2.20. The van der Waals surface area contributed by atoms with E-state index in [0.717, 1.165) is 0 Å². The van der Waals surface area contributed by atoms with Crippen molar-refractivity contribution in [1.29, 1.82) is 0 Å². The largest absolute Gasteiger partial charge is 0.548 e. The van der Waals surface area contributed by atoms with Gasteiger partial charge in [0.05, 0.1) is 16.9 Å². The zero-order valence-electron chi connectivity index (χ0n) is 9.83. The normalized spacial score (nSPS) is 13.2. The number of thioether (sulfide) groups is 1. The predicted octanol–water partition coefficient (Wildman–Crippen LogP) is -0.163. The number of nitrogens with one attached hydrogen (secondary N) is 1. The minimum Gasteiger partial charge on any atom is -0.548 e. The summed E-state index contributed by atoms with van der Waals surface area (Å²) in [6, 6.07) is 6.44. The van der Waals surface area contributed by atoms with Crippen molar-refractivity contribution in [2.45, 2.75) is 17.4 Å². The van der Waals surface area contributed by atoms with Crippen molar-refractivity contribution in [2.24, 2.45) is 0 Å². The topological polar surface area (TPSA) is 86.3 Å². The van der Waals surface area contributed by atoms with Crippen LogP contribution in [0.25, 0.3) is 0 Å². The van der Waals surface area contributed by atoms with Crippen LogP contribution in [0.1, 0.15) is 6.42 Å². The average molecular weight is 288 g/mol. The van der Waals surface area contributed by atoms with Crippen LogP contribution in [-0.2, 0) is 14.8 Å². The fourth-order valence-corrected chi connectivity index (χ4v) is 3.03. The summed E-state index contributed by atoms with van der Waals surface area (Å²) in [6.07, 6.45) is 2.01. The van der Waals surface area contributed by atoms with Gasteiger partial charge in [0.25, 0.3) is 0 Å². The first kappa shape index (κ1) is 15.0. The Morgan fingerprint density at radius 2 is 2.00 bits per heavy atom. The summed E-state index contributed by atoms with van der Waals surface area (Å²) >= 11 is 1.44. The summed E-state index contributed by atoms with van der Waals surface area (Å²) in [4.78, 5) is 10.9. The van der Waals surface area contributed by atoms with Crippen LogP contribution in [-0.4, -0.2) is 32.4 Å². The fraction of sp³-hybridized carbons (Fsp3) is 0.364. The first-order valence-electron chi connectivity index (χ1n) is 5.24. The Labute approximate surface area is 111 Å². The van der Waals surface area contributed by atoms with Gasteiger partial charge in [-0.3, -0.25) is 0 Å². The van der Waals surface area contributed by atoms with E-state index in [-0.39, 0.29) is 11.3 Å². The number of benzene rings is 1. The molecular weight excluding hydrogens is 274 g/mol. The van der Waals surface area contributed by atoms with E-state index in [1.165, 1.54) is 23.9 Å². The maximum absolute atomic E-state index is 11.9. The molecule has 100 valence electrons. The first-order chi connectivity index (χ1) is 8.47. The van der Waals surface area contributed by atoms with Crippen molar-refractivity contribution in [3.63, 3.8) is 0 Å². The molecule has 0 spiro atoms. The molecule has 0 saturated heterocycles. The highest BCUT2D eigenvalue weighted by atomic mass is 32.2. The third kappa shape index (κ3) is 4.32. The van der Waals surface area contributed by atoms with Gasteiger partial charge in [0.2, 0.25) is 10.0 Å². The van der Waals surface area contributed by atoms with Crippen molar-refractivity contribution >= 4 is 27.8 Å². The predicted molar refractivity (Wildman–Crippen MR) is 68.6 cm³/mol. The lowest BCUT2D eigenvalue weighted by Gasteiger charge is -2.19. The van der Waals surface area contributed by atoms with Gasteiger partial charge in [-0.05, 0) is 30.6 Å². The van der Waals surface area contributed by atoms with Crippen molar-refractivity contribution in [2.75, 3.05) is 12.0 Å². The molecule has 0 fully saturated rings. The smallest absolute Gasteiger partial charge is 0.241 e. The van der Waals surface area contributed by atoms with Gasteiger partial charge in [-0.2, -0.15) is 11.8 Å². The zero-order valence-corrected chi connectivity index (χ0v) is 11.5. The highest BCUT2D eigenvalue weighted by Crippen LogP contribution is 2.09. The Bertz CT molecular complexity index is 487. The number of hydrogen-bond acceptors (Lipinski definition) is 5. The number of carboxylic acid groups (broad SMARTS) is 1. The summed E-state index contributed by atoms with van der Waals surface area (Å²) < 4.78 is 25.9. The summed E-state index contributed by atoms with van der Waals surface area (Å²) in [5, 5.41) is 10.9. The second-order valence-electron chi connectivity index (χ2n) is 3.59. The lowest BCUT2D eigenvalue weighted by molar-refractivity contribution is -0.308. The fourth-order valence-electron chi connectivity index (χ4n) is 1.32. The zero-order chi connectivity index (χ0) is 13.6. The van der Waals surface area contributed by atoms with Crippen LogP contribution in [0.4, 0.5) is 0 Å². The minimum atomic E-state index is -3.82. The van der Waals surface area contributed by atoms with E-state index in [4.69, 9.17) is 0 Å². The van der Waals surface area contributed by atoms with Crippen molar-refractivity contribution < 1.29 is 18.3 Å². The number of rotatable bonds is 7. The second-order valence-corrected chi connectivity index (χ2v) is 6.29. The van der Waals surface area contributed by atoms with Gasteiger partial charge in [-0.25, -0.2) is 13.1 Å². The monoisotopic (exact) mass is 288 g/mol. The van der Waals surface area contributed by atoms with Gasteiger partial charge in [0.1, 0.15) is 0 Å². The second kappa shape index (κ2) is 6.77. The minimum absolute atomic E-state index is 0.0420. The van der Waals surface area contributed by atoms with Crippen LogP contribution in [0, 0.1) is 0 Å². The highest BCUT2D eigenvalue weighted by molar-refractivity contribution is 7.98. The molecule has 0 heterocycles. The van der Waals surface area contributed by atoms with Gasteiger partial charge in [0, 0.05) is 0 Å². The van der Waals surface area contributed by atoms with E-state index >= 15 is 0 Å². The molecule has 0 unspecified atom stereocenters. The van der Waals surface area contributed by atoms with Crippen LogP contribution in [0.3, 0.4) is 0 Å². The molecule has 1 aromatic carbocycles. The van der Waals surface area contributed by atoms with Gasteiger partial charge in [0.15, 0.2) is 0 Å². The summed E-state index contributed by atoms with van der Waals surface area (Å²) in [7, 11) is -3.82. The third-order valence-corrected chi connectivity index (χ3v) is 4.38. The Morgan fingerprint density at radius 3 is 2.50 bits per heavy atom. The number of aliphatic carboxylic acids is 1. The molecule has 1 atom stereocenters. The molecule has 18 heavy (non-hydrogen) atoms. The number of carbonyl (C=O) groups is 1. The Hall–Kier alpha value is -1.05. The molecule has 0 bridgehead atoms. The maximum atomic E-state index is 11.9. The standard InChI is InChI=1S/C11H15NO4S2/c1-17-8-7-10(11(13)14)12-18(15,16)9-5-3-2-4-6-9/h2-6,10,12H,7-8H2,1H3,(H,13,14)/p-1/t10-/m0/s1. The van der Waals surface area contributed by atoms with Crippen LogP contribution in [0.2, 0.25) is 0 Å². The summed E-state index contributed by atoms with van der Waals surface area (Å²) in [5.41, 5.74) is 0. The molecule has 0 radical (unpaired) electrons. The molecule has 7 heteroatoms. The van der Waals surface area contributed by atoms with E-state index in [1.807, 2.05) is 6.26 Å². The molecule has 0 aliphatic rings. The quantitative estimate of drug-likeness (QED) is 0.753. The van der Waals surface area contributed by atoms with Crippen LogP contribution in [0.5, 0.6) is 0 Å². The first-order valence-corrected chi connectivity index (χ1v) is 8.12. The number of sulfonamides is 1. The Morgan fingerprint density at radius 1 is 1.39 bits per heavy atom. The Balaban J connectivity index is 2.83. The van der Waals surface area contributed by atoms with Crippen LogP contribution < -0.4 is 9.83 Å². The molecule has 0 aliphatic carbocycles. The van der Waals surface area contributed by atoms with Crippen molar-refractivity contribution in [3.05, 3.63) is 30.3 Å². The summed E-state index contributed by atoms with van der Waals surface area (Å²) in [6.45, 7) is 0. The summed E-state index contributed by atoms with van der Waals surface area (Å²) in [5.74, 6) is -0.876. The van der Waals surface area contributed by atoms with Crippen LogP contribution in [0.15, 0.2) is 35.2 Å². The average Bonchev–Trinajstić information content (AvgIpc) is 2.35. The maximum Gasteiger partial charge on any atom is 0.241 e. The van der Waals surface area contributed by atoms with E-state index in [0.29, 0.717) is 5.75 Å². The number of carboxylic acids is 1. The molecule has 5 nitrogen and oxygen atoms in total. The molecule has 0 amide bonds. The van der Waals surface area contributed by atoms with E-state index in [9.17, 15) is 18.3 Å². The van der Waals surface area contributed by atoms with Gasteiger partial charge in [-0.1, -0.05) is 18.2 Å². The number of hydrogen-bond donors (Lipinski definition) is 1. The number of carbonyl (C=O) groups excluding carboxylic acids is 1. The van der Waals surface area contributed by atoms with Gasteiger partial charge in [-0.15, -0.1) is 0 Å². The molecular formula is C11H14NO4S2-. The van der Waals surface area contributed by atoms with Gasteiger partial charge >= 0.3 is 0 Å². The molecule has 1 rings (SSSR count). The molecule has 0 aliphatic heterocycles. The van der Waals surface area contributed by atoms with Crippen molar-refractivity contribution in [3.8, 4) is 0 Å². The van der Waals surface area contributed by atoms with E-state index in [2.05, 4.69) is 4.72 Å². The van der Waals surface area contributed by atoms with E-state index < -0.39 is 22.0 Å². The lowest BCUT2D eigenvalue weighted by atomic mass is 10.2. The van der Waals surface area contributed by atoms with Crippen LogP contribution >= 0.6 is 11.8 Å². The van der Waals surface area contributed by atoms with E-state index in [1.54, 1.807) is 18.2 Å². The Kier molecular flexibility index (Phi) is 5.64. The molecule has 1 N–H and O–H groups in total. The molecule has 0 aromatic heterocycles. The molecule has 0 saturated carbocycles. The van der Waals surface area contributed by atoms with Crippen molar-refractivity contribution in [1.82, 2.24) is 4.72 Å².